The van der Waals surface area contributed by atoms with Gasteiger partial charge in [0, 0.05) is 18.1 Å². The van der Waals surface area contributed by atoms with E-state index in [0.717, 1.165) is 12.0 Å². The second-order valence-electron chi connectivity index (χ2n) is 5.35. The minimum absolute atomic E-state index is 0.139. The Morgan fingerprint density at radius 2 is 1.82 bits per heavy atom. The van der Waals surface area contributed by atoms with Crippen LogP contribution in [0.25, 0.3) is 5.76 Å². The molecular weight excluding hydrogens is 212 g/mol. The number of aryl methyl sites for hydroxylation is 1. The Labute approximate surface area is 102 Å². The van der Waals surface area contributed by atoms with E-state index in [1.165, 1.54) is 5.56 Å². The summed E-state index contributed by atoms with van der Waals surface area (Å²) in [6.07, 6.45) is 2.99. The molecule has 2 heteroatoms. The first-order valence-corrected chi connectivity index (χ1v) is 5.97. The molecule has 0 bridgehead atoms. The van der Waals surface area contributed by atoms with Crippen molar-refractivity contribution in [1.29, 1.82) is 0 Å². The second-order valence-corrected chi connectivity index (χ2v) is 5.35. The summed E-state index contributed by atoms with van der Waals surface area (Å²) in [5.74, 6) is 0.844. The highest BCUT2D eigenvalue weighted by Crippen LogP contribution is 2.28. The topological polar surface area (TPSA) is 26.3 Å². The van der Waals surface area contributed by atoms with Crippen molar-refractivity contribution in [3.63, 3.8) is 0 Å². The lowest BCUT2D eigenvalue weighted by atomic mass is 10.0. The molecule has 0 radical (unpaired) electrons. The van der Waals surface area contributed by atoms with Crippen LogP contribution in [0.15, 0.2) is 30.3 Å². The van der Waals surface area contributed by atoms with Gasteiger partial charge in [-0.15, -0.1) is 0 Å². The van der Waals surface area contributed by atoms with Gasteiger partial charge in [0.05, 0.1) is 0 Å². The molecule has 0 unspecified atom stereocenters. The fraction of sp³-hybridized carbons (Fsp3) is 0.400. The summed E-state index contributed by atoms with van der Waals surface area (Å²) in [5, 5.41) is 0. The van der Waals surface area contributed by atoms with E-state index in [0.29, 0.717) is 12.2 Å². The molecule has 0 amide bonds. The fourth-order valence-corrected chi connectivity index (χ4v) is 1.95. The maximum absolute atomic E-state index is 11.7. The second kappa shape index (κ2) is 4.36. The summed E-state index contributed by atoms with van der Waals surface area (Å²) >= 11 is 0. The zero-order valence-electron chi connectivity index (χ0n) is 10.6. The van der Waals surface area contributed by atoms with Crippen molar-refractivity contribution in [2.75, 3.05) is 0 Å². The quantitative estimate of drug-likeness (QED) is 0.739. The van der Waals surface area contributed by atoms with Crippen LogP contribution in [0.3, 0.4) is 0 Å². The monoisotopic (exact) mass is 230 g/mol. The van der Waals surface area contributed by atoms with Crippen molar-refractivity contribution in [2.45, 2.75) is 39.2 Å². The van der Waals surface area contributed by atoms with E-state index in [2.05, 4.69) is 6.07 Å². The molecule has 1 aliphatic carbocycles. The van der Waals surface area contributed by atoms with Gasteiger partial charge in [-0.25, -0.2) is 0 Å². The Balaban J connectivity index is 2.43. The third kappa shape index (κ3) is 2.96. The van der Waals surface area contributed by atoms with Gasteiger partial charge >= 0.3 is 0 Å². The Bertz CT molecular complexity index is 464. The molecule has 0 heterocycles. The first-order chi connectivity index (χ1) is 7.96. The number of carbonyl (C=O) groups is 1. The fourth-order valence-electron chi connectivity index (χ4n) is 1.95. The summed E-state index contributed by atoms with van der Waals surface area (Å²) in [6.45, 7) is 5.98. The van der Waals surface area contributed by atoms with Crippen LogP contribution < -0.4 is 0 Å². The lowest BCUT2D eigenvalue weighted by molar-refractivity contribution is -0.114. The van der Waals surface area contributed by atoms with E-state index in [-0.39, 0.29) is 11.4 Å². The third-order valence-electron chi connectivity index (χ3n) is 2.63. The van der Waals surface area contributed by atoms with Crippen LogP contribution >= 0.6 is 0 Å². The average Bonchev–Trinajstić information content (AvgIpc) is 2.37. The molecule has 0 fully saturated rings. The van der Waals surface area contributed by atoms with Crippen molar-refractivity contribution in [3.8, 4) is 0 Å². The number of rotatable bonds is 1. The molecular formula is C15H18O2. The Hall–Kier alpha value is -1.57. The lowest BCUT2D eigenvalue weighted by Crippen LogP contribution is -2.18. The van der Waals surface area contributed by atoms with Crippen LogP contribution in [0.2, 0.25) is 0 Å². The van der Waals surface area contributed by atoms with Crippen molar-refractivity contribution >= 4 is 11.5 Å². The molecule has 2 nitrogen and oxygen atoms in total. The van der Waals surface area contributed by atoms with Gasteiger partial charge in [0.15, 0.2) is 5.78 Å². The van der Waals surface area contributed by atoms with Gasteiger partial charge in [0.1, 0.15) is 11.4 Å². The minimum Gasteiger partial charge on any atom is -0.487 e. The van der Waals surface area contributed by atoms with Gasteiger partial charge in [0.25, 0.3) is 0 Å². The van der Waals surface area contributed by atoms with Crippen LogP contribution in [0, 0.1) is 0 Å². The Morgan fingerprint density at radius 3 is 2.53 bits per heavy atom. The molecule has 17 heavy (non-hydrogen) atoms. The van der Waals surface area contributed by atoms with E-state index in [9.17, 15) is 4.79 Å². The molecule has 90 valence electrons. The average molecular weight is 230 g/mol. The summed E-state index contributed by atoms with van der Waals surface area (Å²) < 4.78 is 5.90. The van der Waals surface area contributed by atoms with E-state index in [1.54, 1.807) is 6.08 Å². The lowest BCUT2D eigenvalue weighted by Gasteiger charge is -2.24. The van der Waals surface area contributed by atoms with Gasteiger partial charge in [0.2, 0.25) is 0 Å². The van der Waals surface area contributed by atoms with Crippen molar-refractivity contribution in [2.24, 2.45) is 0 Å². The number of ether oxygens (including phenoxy) is 1. The van der Waals surface area contributed by atoms with Gasteiger partial charge in [-0.3, -0.25) is 4.79 Å². The predicted octanol–water partition coefficient (Wildman–Crippen LogP) is 3.36. The number of carbonyl (C=O) groups excluding carboxylic acids is 1. The highest BCUT2D eigenvalue weighted by molar-refractivity contribution is 5.97. The van der Waals surface area contributed by atoms with Gasteiger partial charge < -0.3 is 4.74 Å². The molecule has 0 spiro atoms. The highest BCUT2D eigenvalue weighted by atomic mass is 16.5. The summed E-state index contributed by atoms with van der Waals surface area (Å²) in [7, 11) is 0. The summed E-state index contributed by atoms with van der Waals surface area (Å²) in [4.78, 5) is 11.7. The minimum atomic E-state index is -0.288. The zero-order chi connectivity index (χ0) is 12.5. The van der Waals surface area contributed by atoms with E-state index < -0.39 is 0 Å². The summed E-state index contributed by atoms with van der Waals surface area (Å²) in [5.41, 5.74) is 1.95. The van der Waals surface area contributed by atoms with Crippen LogP contribution in [0.1, 0.15) is 38.3 Å². The standard InChI is InChI=1S/C15H18O2/c1-15(2,3)17-14-10-12(16)9-8-11-6-4-5-7-13(11)14/h4-7,10H,8-9H2,1-3H3. The van der Waals surface area contributed by atoms with E-state index in [1.807, 2.05) is 39.0 Å². The Morgan fingerprint density at radius 1 is 1.12 bits per heavy atom. The molecule has 0 N–H and O–H groups in total. The molecule has 1 aromatic carbocycles. The maximum Gasteiger partial charge on any atom is 0.159 e. The normalized spacial score (nSPS) is 15.9. The number of fused-ring (bicyclic) bond motifs is 1. The number of benzene rings is 1. The SMILES string of the molecule is CC(C)(C)OC1=CC(=O)CCc2ccccc21. The first kappa shape index (κ1) is 11.9. The van der Waals surface area contributed by atoms with Crippen LogP contribution in [0.4, 0.5) is 0 Å². The van der Waals surface area contributed by atoms with E-state index in [4.69, 9.17) is 4.74 Å². The van der Waals surface area contributed by atoms with Crippen LogP contribution in [0.5, 0.6) is 0 Å². The first-order valence-electron chi connectivity index (χ1n) is 5.97. The molecule has 0 aromatic heterocycles. The molecule has 0 atom stereocenters. The van der Waals surface area contributed by atoms with Crippen LogP contribution in [-0.4, -0.2) is 11.4 Å². The highest BCUT2D eigenvalue weighted by Gasteiger charge is 2.20. The number of hydrogen-bond acceptors (Lipinski definition) is 2. The number of allylic oxidation sites excluding steroid dienone is 1. The Kier molecular flexibility index (Phi) is 3.05. The van der Waals surface area contributed by atoms with Crippen LogP contribution in [-0.2, 0) is 16.0 Å². The third-order valence-corrected chi connectivity index (χ3v) is 2.63. The molecule has 2 rings (SSSR count). The van der Waals surface area contributed by atoms with Gasteiger partial charge in [-0.1, -0.05) is 24.3 Å². The molecule has 0 saturated heterocycles. The number of hydrogen-bond donors (Lipinski definition) is 0. The zero-order valence-corrected chi connectivity index (χ0v) is 10.6. The maximum atomic E-state index is 11.7. The van der Waals surface area contributed by atoms with Gasteiger partial charge in [-0.05, 0) is 32.8 Å². The van der Waals surface area contributed by atoms with Crippen molar-refractivity contribution < 1.29 is 9.53 Å². The smallest absolute Gasteiger partial charge is 0.159 e. The number of ketones is 1. The summed E-state index contributed by atoms with van der Waals surface area (Å²) in [6, 6.07) is 8.07. The molecule has 1 aromatic rings. The van der Waals surface area contributed by atoms with Crippen molar-refractivity contribution in [1.82, 2.24) is 0 Å². The van der Waals surface area contributed by atoms with Crippen molar-refractivity contribution in [3.05, 3.63) is 41.5 Å². The molecule has 0 saturated carbocycles. The molecule has 0 aliphatic heterocycles. The van der Waals surface area contributed by atoms with E-state index >= 15 is 0 Å². The van der Waals surface area contributed by atoms with Gasteiger partial charge in [-0.2, -0.15) is 0 Å². The predicted molar refractivity (Wildman–Crippen MR) is 68.6 cm³/mol. The molecule has 1 aliphatic rings. The largest absolute Gasteiger partial charge is 0.487 e.